The van der Waals surface area contributed by atoms with Gasteiger partial charge in [0.2, 0.25) is 15.9 Å². The SMILES string of the molecule is CCC1c2ccsc2CCN1C(=O)C=Cc1ccc(S(N)(=O)=O)cc1. The second-order valence-corrected chi connectivity index (χ2v) is 8.51. The van der Waals surface area contributed by atoms with Crippen LogP contribution in [-0.4, -0.2) is 25.8 Å². The predicted octanol–water partition coefficient (Wildman–Crippen LogP) is 2.94. The molecule has 1 aromatic carbocycles. The Balaban J connectivity index is 1.75. The van der Waals surface area contributed by atoms with E-state index in [9.17, 15) is 13.2 Å². The zero-order valence-electron chi connectivity index (χ0n) is 13.9. The molecule has 1 aliphatic heterocycles. The van der Waals surface area contributed by atoms with Crippen molar-refractivity contribution in [1.29, 1.82) is 0 Å². The van der Waals surface area contributed by atoms with Crippen molar-refractivity contribution in [3.8, 4) is 0 Å². The van der Waals surface area contributed by atoms with E-state index in [0.717, 1.165) is 24.9 Å². The van der Waals surface area contributed by atoms with Gasteiger partial charge in [0.1, 0.15) is 0 Å². The highest BCUT2D eigenvalue weighted by molar-refractivity contribution is 7.89. The number of benzene rings is 1. The number of amides is 1. The highest BCUT2D eigenvalue weighted by Gasteiger charge is 2.29. The molecule has 1 unspecified atom stereocenters. The Bertz CT molecular complexity index is 899. The van der Waals surface area contributed by atoms with E-state index in [4.69, 9.17) is 5.14 Å². The quantitative estimate of drug-likeness (QED) is 0.833. The van der Waals surface area contributed by atoms with Crippen LogP contribution in [0.1, 0.15) is 35.4 Å². The van der Waals surface area contributed by atoms with Gasteiger partial charge in [-0.3, -0.25) is 4.79 Å². The lowest BCUT2D eigenvalue weighted by molar-refractivity contribution is -0.128. The lowest BCUT2D eigenvalue weighted by Gasteiger charge is -2.34. The van der Waals surface area contributed by atoms with Gasteiger partial charge in [-0.2, -0.15) is 0 Å². The van der Waals surface area contributed by atoms with Gasteiger partial charge in [-0.15, -0.1) is 11.3 Å². The van der Waals surface area contributed by atoms with Crippen LogP contribution in [0.15, 0.2) is 46.7 Å². The van der Waals surface area contributed by atoms with Crippen LogP contribution in [0.4, 0.5) is 0 Å². The number of hydrogen-bond donors (Lipinski definition) is 1. The summed E-state index contributed by atoms with van der Waals surface area (Å²) < 4.78 is 22.5. The third-order valence-electron chi connectivity index (χ3n) is 4.39. The molecule has 1 aliphatic rings. The van der Waals surface area contributed by atoms with Gasteiger partial charge in [-0.1, -0.05) is 19.1 Å². The van der Waals surface area contributed by atoms with E-state index in [2.05, 4.69) is 18.4 Å². The summed E-state index contributed by atoms with van der Waals surface area (Å²) in [5.74, 6) is -0.0285. The first kappa shape index (κ1) is 17.8. The van der Waals surface area contributed by atoms with Crippen LogP contribution in [0, 0.1) is 0 Å². The van der Waals surface area contributed by atoms with E-state index in [0.29, 0.717) is 0 Å². The fourth-order valence-electron chi connectivity index (χ4n) is 3.13. The molecule has 2 aromatic rings. The second-order valence-electron chi connectivity index (χ2n) is 5.95. The standard InChI is InChI=1S/C18H20N2O3S2/c1-2-16-15-10-12-24-17(15)9-11-20(16)18(21)8-5-13-3-6-14(7-4-13)25(19,22)23/h3-8,10,12,16H,2,9,11H2,1H3,(H2,19,22,23). The zero-order chi connectivity index (χ0) is 18.0. The van der Waals surface area contributed by atoms with Crippen LogP contribution in [-0.2, 0) is 21.2 Å². The van der Waals surface area contributed by atoms with Gasteiger partial charge in [-0.25, -0.2) is 13.6 Å². The van der Waals surface area contributed by atoms with Crippen molar-refractivity contribution in [3.05, 3.63) is 57.8 Å². The van der Waals surface area contributed by atoms with Gasteiger partial charge in [0.25, 0.3) is 0 Å². The number of nitrogens with two attached hydrogens (primary N) is 1. The molecule has 1 atom stereocenters. The molecule has 0 spiro atoms. The number of nitrogens with zero attached hydrogens (tertiary/aromatic N) is 1. The minimum absolute atomic E-state index is 0.0285. The molecule has 0 radical (unpaired) electrons. The summed E-state index contributed by atoms with van der Waals surface area (Å²) in [6.45, 7) is 2.81. The van der Waals surface area contributed by atoms with Crippen LogP contribution >= 0.6 is 11.3 Å². The Hall–Kier alpha value is -1.96. The molecular formula is C18H20N2O3S2. The lowest BCUT2D eigenvalue weighted by Crippen LogP contribution is -2.38. The number of fused-ring (bicyclic) bond motifs is 1. The summed E-state index contributed by atoms with van der Waals surface area (Å²) in [6.07, 6.45) is 5.02. The van der Waals surface area contributed by atoms with Crippen molar-refractivity contribution in [2.75, 3.05) is 6.54 Å². The maximum atomic E-state index is 12.6. The predicted molar refractivity (Wildman–Crippen MR) is 99.6 cm³/mol. The van der Waals surface area contributed by atoms with Gasteiger partial charge < -0.3 is 4.90 Å². The molecule has 7 heteroatoms. The summed E-state index contributed by atoms with van der Waals surface area (Å²) in [4.78, 5) is 16.0. The molecule has 0 aliphatic carbocycles. The highest BCUT2D eigenvalue weighted by Crippen LogP contribution is 2.35. The number of thiophene rings is 1. The third kappa shape index (κ3) is 3.84. The first-order chi connectivity index (χ1) is 11.9. The molecule has 5 nitrogen and oxygen atoms in total. The average molecular weight is 377 g/mol. The fourth-order valence-corrected chi connectivity index (χ4v) is 4.58. The molecule has 1 amide bonds. The van der Waals surface area contributed by atoms with Crippen molar-refractivity contribution in [1.82, 2.24) is 4.90 Å². The van der Waals surface area contributed by atoms with E-state index in [1.165, 1.54) is 22.6 Å². The molecule has 0 fully saturated rings. The smallest absolute Gasteiger partial charge is 0.247 e. The van der Waals surface area contributed by atoms with E-state index >= 15 is 0 Å². The normalized spacial score (nSPS) is 17.7. The molecule has 0 bridgehead atoms. The Morgan fingerprint density at radius 1 is 1.32 bits per heavy atom. The van der Waals surface area contributed by atoms with Gasteiger partial charge in [0, 0.05) is 17.5 Å². The van der Waals surface area contributed by atoms with Crippen LogP contribution in [0.2, 0.25) is 0 Å². The van der Waals surface area contributed by atoms with E-state index in [-0.39, 0.29) is 16.8 Å². The number of carbonyl (C=O) groups excluding carboxylic acids is 1. The molecule has 3 rings (SSSR count). The second kappa shape index (κ2) is 7.11. The minimum atomic E-state index is -3.70. The monoisotopic (exact) mass is 376 g/mol. The molecule has 2 N–H and O–H groups in total. The number of hydrogen-bond acceptors (Lipinski definition) is 4. The Morgan fingerprint density at radius 3 is 2.68 bits per heavy atom. The maximum Gasteiger partial charge on any atom is 0.247 e. The van der Waals surface area contributed by atoms with Crippen molar-refractivity contribution >= 4 is 33.3 Å². The van der Waals surface area contributed by atoms with Crippen LogP contribution in [0.5, 0.6) is 0 Å². The molecule has 2 heterocycles. The Labute approximate surface area is 151 Å². The third-order valence-corrected chi connectivity index (χ3v) is 6.32. The highest BCUT2D eigenvalue weighted by atomic mass is 32.2. The Kier molecular flexibility index (Phi) is 5.08. The summed E-state index contributed by atoms with van der Waals surface area (Å²) in [5.41, 5.74) is 2.01. The number of rotatable bonds is 4. The molecule has 1 aromatic heterocycles. The summed E-state index contributed by atoms with van der Waals surface area (Å²) in [7, 11) is -3.70. The first-order valence-electron chi connectivity index (χ1n) is 8.08. The van der Waals surface area contributed by atoms with Crippen LogP contribution < -0.4 is 5.14 Å². The number of carbonyl (C=O) groups is 1. The first-order valence-corrected chi connectivity index (χ1v) is 10.5. The van der Waals surface area contributed by atoms with Crippen molar-refractivity contribution in [2.24, 2.45) is 5.14 Å². The molecule has 0 saturated carbocycles. The molecule has 132 valence electrons. The lowest BCUT2D eigenvalue weighted by atomic mass is 9.97. The molecule has 0 saturated heterocycles. The number of primary sulfonamides is 1. The van der Waals surface area contributed by atoms with Gasteiger partial charge in [0.15, 0.2) is 0 Å². The van der Waals surface area contributed by atoms with E-state index in [1.54, 1.807) is 35.6 Å². The van der Waals surface area contributed by atoms with Gasteiger partial charge in [-0.05, 0) is 53.6 Å². The average Bonchev–Trinajstić information content (AvgIpc) is 3.07. The van der Waals surface area contributed by atoms with Crippen LogP contribution in [0.25, 0.3) is 6.08 Å². The molecular weight excluding hydrogens is 356 g/mol. The van der Waals surface area contributed by atoms with Crippen LogP contribution in [0.3, 0.4) is 0 Å². The summed E-state index contributed by atoms with van der Waals surface area (Å²) in [6, 6.07) is 8.38. The molecule has 25 heavy (non-hydrogen) atoms. The minimum Gasteiger partial charge on any atom is -0.332 e. The van der Waals surface area contributed by atoms with Crippen molar-refractivity contribution in [3.63, 3.8) is 0 Å². The van der Waals surface area contributed by atoms with Gasteiger partial charge in [0.05, 0.1) is 10.9 Å². The van der Waals surface area contributed by atoms with Gasteiger partial charge >= 0.3 is 0 Å². The summed E-state index contributed by atoms with van der Waals surface area (Å²) in [5, 5.41) is 7.17. The largest absolute Gasteiger partial charge is 0.332 e. The Morgan fingerprint density at radius 2 is 2.04 bits per heavy atom. The number of sulfonamides is 1. The zero-order valence-corrected chi connectivity index (χ0v) is 15.5. The van der Waals surface area contributed by atoms with Crippen molar-refractivity contribution < 1.29 is 13.2 Å². The topological polar surface area (TPSA) is 80.5 Å². The van der Waals surface area contributed by atoms with Crippen molar-refractivity contribution in [2.45, 2.75) is 30.7 Å². The maximum absolute atomic E-state index is 12.6. The fraction of sp³-hybridized carbons (Fsp3) is 0.278. The van der Waals surface area contributed by atoms with E-state index in [1.807, 2.05) is 4.90 Å². The summed E-state index contributed by atoms with van der Waals surface area (Å²) >= 11 is 1.76. The van der Waals surface area contributed by atoms with E-state index < -0.39 is 10.0 Å².